The van der Waals surface area contributed by atoms with Crippen LogP contribution in [-0.4, -0.2) is 45.0 Å². The molecular formula is C19H21NO5S. The molecule has 1 amide bonds. The number of benzene rings is 2. The Morgan fingerprint density at radius 2 is 1.58 bits per heavy atom. The van der Waals surface area contributed by atoms with Crippen LogP contribution in [0, 0.1) is 0 Å². The SMILES string of the molecule is CCS(=O)(=O)c1ccccc1C(=O)O[C@@H](C(=O)N(C)C)c1ccccc1. The minimum atomic E-state index is -3.61. The number of ether oxygens (including phenoxy) is 1. The van der Waals surface area contributed by atoms with Gasteiger partial charge in [-0.05, 0) is 12.1 Å². The molecule has 0 N–H and O–H groups in total. The second kappa shape index (κ2) is 8.14. The maximum atomic E-state index is 12.7. The number of rotatable bonds is 6. The Balaban J connectivity index is 2.42. The van der Waals surface area contributed by atoms with E-state index in [2.05, 4.69) is 0 Å². The lowest BCUT2D eigenvalue weighted by Crippen LogP contribution is -2.31. The van der Waals surface area contributed by atoms with Gasteiger partial charge in [-0.2, -0.15) is 0 Å². The normalized spacial score (nSPS) is 12.3. The van der Waals surface area contributed by atoms with Crippen LogP contribution in [0.25, 0.3) is 0 Å². The predicted octanol–water partition coefficient (Wildman–Crippen LogP) is 2.47. The van der Waals surface area contributed by atoms with Crippen LogP contribution in [0.1, 0.15) is 28.9 Å². The van der Waals surface area contributed by atoms with Crippen LogP contribution >= 0.6 is 0 Å². The molecule has 2 aromatic carbocycles. The molecule has 0 bridgehead atoms. The van der Waals surface area contributed by atoms with Crippen molar-refractivity contribution >= 4 is 21.7 Å². The molecule has 2 aromatic rings. The van der Waals surface area contributed by atoms with Crippen molar-refractivity contribution in [3.8, 4) is 0 Å². The third-order valence-corrected chi connectivity index (χ3v) is 5.60. The fourth-order valence-electron chi connectivity index (χ4n) is 2.36. The largest absolute Gasteiger partial charge is 0.444 e. The Kier molecular flexibility index (Phi) is 6.15. The summed E-state index contributed by atoms with van der Waals surface area (Å²) in [5, 5.41) is 0. The van der Waals surface area contributed by atoms with E-state index in [1.54, 1.807) is 56.6 Å². The van der Waals surface area contributed by atoms with Gasteiger partial charge in [-0.3, -0.25) is 4.79 Å². The number of nitrogens with zero attached hydrogens (tertiary/aromatic N) is 1. The smallest absolute Gasteiger partial charge is 0.340 e. The number of esters is 1. The van der Waals surface area contributed by atoms with Crippen LogP contribution in [0.4, 0.5) is 0 Å². The van der Waals surface area contributed by atoms with E-state index < -0.39 is 27.8 Å². The van der Waals surface area contributed by atoms with Gasteiger partial charge in [0.1, 0.15) is 0 Å². The molecule has 0 aliphatic carbocycles. The molecule has 26 heavy (non-hydrogen) atoms. The second-order valence-electron chi connectivity index (χ2n) is 5.83. The van der Waals surface area contributed by atoms with Gasteiger partial charge in [-0.25, -0.2) is 13.2 Å². The molecule has 138 valence electrons. The van der Waals surface area contributed by atoms with E-state index in [4.69, 9.17) is 4.74 Å². The van der Waals surface area contributed by atoms with E-state index in [0.717, 1.165) is 0 Å². The zero-order valence-electron chi connectivity index (χ0n) is 14.9. The van der Waals surface area contributed by atoms with Crippen molar-refractivity contribution in [1.82, 2.24) is 4.90 Å². The van der Waals surface area contributed by atoms with Crippen molar-refractivity contribution in [3.05, 3.63) is 65.7 Å². The van der Waals surface area contributed by atoms with Gasteiger partial charge in [-0.1, -0.05) is 49.4 Å². The summed E-state index contributed by atoms with van der Waals surface area (Å²) >= 11 is 0. The number of carbonyl (C=O) groups excluding carboxylic acids is 2. The Morgan fingerprint density at radius 1 is 1.00 bits per heavy atom. The number of likely N-dealkylation sites (N-methyl/N-ethyl adjacent to an activating group) is 1. The first kappa shape index (κ1) is 19.7. The number of carbonyl (C=O) groups is 2. The highest BCUT2D eigenvalue weighted by molar-refractivity contribution is 7.91. The molecule has 0 saturated heterocycles. The van der Waals surface area contributed by atoms with Crippen LogP contribution in [-0.2, 0) is 19.4 Å². The first-order chi connectivity index (χ1) is 12.3. The molecular weight excluding hydrogens is 354 g/mol. The highest BCUT2D eigenvalue weighted by atomic mass is 32.2. The zero-order chi connectivity index (χ0) is 19.3. The first-order valence-electron chi connectivity index (χ1n) is 8.06. The summed E-state index contributed by atoms with van der Waals surface area (Å²) < 4.78 is 29.9. The predicted molar refractivity (Wildman–Crippen MR) is 97.5 cm³/mol. The van der Waals surface area contributed by atoms with Crippen LogP contribution in [0.5, 0.6) is 0 Å². The minimum Gasteiger partial charge on any atom is -0.444 e. The molecule has 0 radical (unpaired) electrons. The third-order valence-electron chi connectivity index (χ3n) is 3.81. The van der Waals surface area contributed by atoms with Crippen molar-refractivity contribution in [1.29, 1.82) is 0 Å². The van der Waals surface area contributed by atoms with Crippen LogP contribution in [0.2, 0.25) is 0 Å². The van der Waals surface area contributed by atoms with E-state index in [1.807, 2.05) is 0 Å². The van der Waals surface area contributed by atoms with E-state index in [-0.39, 0.29) is 16.2 Å². The molecule has 0 saturated carbocycles. The molecule has 0 fully saturated rings. The Morgan fingerprint density at radius 3 is 2.15 bits per heavy atom. The van der Waals surface area contributed by atoms with E-state index >= 15 is 0 Å². The van der Waals surface area contributed by atoms with Crippen molar-refractivity contribution in [3.63, 3.8) is 0 Å². The monoisotopic (exact) mass is 375 g/mol. The molecule has 0 unspecified atom stereocenters. The Labute approximate surface area is 153 Å². The van der Waals surface area contributed by atoms with Gasteiger partial charge in [-0.15, -0.1) is 0 Å². The lowest BCUT2D eigenvalue weighted by atomic mass is 10.1. The van der Waals surface area contributed by atoms with Gasteiger partial charge in [0.25, 0.3) is 5.91 Å². The van der Waals surface area contributed by atoms with Crippen molar-refractivity contribution in [2.75, 3.05) is 19.8 Å². The third kappa shape index (κ3) is 4.29. The standard InChI is InChI=1S/C19H21NO5S/c1-4-26(23,24)16-13-9-8-12-15(16)19(22)25-17(18(21)20(2)3)14-10-6-5-7-11-14/h5-13,17H,4H2,1-3H3/t17-/m1/s1. The van der Waals surface area contributed by atoms with Gasteiger partial charge in [0.05, 0.1) is 16.2 Å². The summed E-state index contributed by atoms with van der Waals surface area (Å²) in [7, 11) is -0.493. The lowest BCUT2D eigenvalue weighted by molar-refractivity contribution is -0.138. The fraction of sp³-hybridized carbons (Fsp3) is 0.263. The zero-order valence-corrected chi connectivity index (χ0v) is 15.7. The summed E-state index contributed by atoms with van der Waals surface area (Å²) in [6.07, 6.45) is -1.16. The molecule has 0 aromatic heterocycles. The number of sulfone groups is 1. The fourth-order valence-corrected chi connectivity index (χ4v) is 3.44. The Hall–Kier alpha value is -2.67. The van der Waals surface area contributed by atoms with Crippen molar-refractivity contribution in [2.24, 2.45) is 0 Å². The highest BCUT2D eigenvalue weighted by Crippen LogP contribution is 2.24. The van der Waals surface area contributed by atoms with E-state index in [0.29, 0.717) is 5.56 Å². The number of amides is 1. The average Bonchev–Trinajstić information content (AvgIpc) is 2.66. The van der Waals surface area contributed by atoms with Gasteiger partial charge in [0.2, 0.25) is 6.10 Å². The highest BCUT2D eigenvalue weighted by Gasteiger charge is 2.29. The maximum Gasteiger partial charge on any atom is 0.340 e. The van der Waals surface area contributed by atoms with Gasteiger partial charge in [0.15, 0.2) is 9.84 Å². The summed E-state index contributed by atoms with van der Waals surface area (Å²) in [4.78, 5) is 26.4. The lowest BCUT2D eigenvalue weighted by Gasteiger charge is -2.21. The summed E-state index contributed by atoms with van der Waals surface area (Å²) in [5.41, 5.74) is 0.428. The molecule has 6 nitrogen and oxygen atoms in total. The number of hydrogen-bond donors (Lipinski definition) is 0. The second-order valence-corrected chi connectivity index (χ2v) is 8.07. The van der Waals surface area contributed by atoms with E-state index in [9.17, 15) is 18.0 Å². The van der Waals surface area contributed by atoms with E-state index in [1.165, 1.54) is 24.0 Å². The van der Waals surface area contributed by atoms with Crippen molar-refractivity contribution < 1.29 is 22.7 Å². The summed E-state index contributed by atoms with van der Waals surface area (Å²) in [5.74, 6) is -1.42. The summed E-state index contributed by atoms with van der Waals surface area (Å²) in [6.45, 7) is 1.50. The topological polar surface area (TPSA) is 80.7 Å². The molecule has 0 spiro atoms. The maximum absolute atomic E-state index is 12.7. The van der Waals surface area contributed by atoms with Gasteiger partial charge >= 0.3 is 5.97 Å². The molecule has 0 aliphatic rings. The molecule has 1 atom stereocenters. The van der Waals surface area contributed by atoms with Crippen molar-refractivity contribution in [2.45, 2.75) is 17.9 Å². The first-order valence-corrected chi connectivity index (χ1v) is 9.72. The molecule has 0 aliphatic heterocycles. The van der Waals surface area contributed by atoms with Crippen LogP contribution in [0.3, 0.4) is 0 Å². The average molecular weight is 375 g/mol. The Bertz CT molecular complexity index is 891. The minimum absolute atomic E-state index is 0.0816. The quantitative estimate of drug-likeness (QED) is 0.725. The summed E-state index contributed by atoms with van der Waals surface area (Å²) in [6, 6.07) is 14.4. The number of hydrogen-bond acceptors (Lipinski definition) is 5. The molecule has 0 heterocycles. The van der Waals surface area contributed by atoms with Crippen LogP contribution < -0.4 is 0 Å². The van der Waals surface area contributed by atoms with Gasteiger partial charge < -0.3 is 9.64 Å². The molecule has 7 heteroatoms. The molecule has 2 rings (SSSR count). The van der Waals surface area contributed by atoms with Crippen LogP contribution in [0.15, 0.2) is 59.5 Å². The van der Waals surface area contributed by atoms with Gasteiger partial charge in [0, 0.05) is 19.7 Å².